The zero-order valence-corrected chi connectivity index (χ0v) is 12.4. The number of hydrogen-bond acceptors (Lipinski definition) is 5. The van der Waals surface area contributed by atoms with Gasteiger partial charge in [-0.25, -0.2) is 14.3 Å². The van der Waals surface area contributed by atoms with E-state index in [4.69, 9.17) is 9.84 Å². The summed E-state index contributed by atoms with van der Waals surface area (Å²) in [6, 6.07) is -0.0770. The number of carboxylic acid groups (broad SMARTS) is 1. The van der Waals surface area contributed by atoms with E-state index in [-0.39, 0.29) is 17.8 Å². The Morgan fingerprint density at radius 1 is 1.43 bits per heavy atom. The summed E-state index contributed by atoms with van der Waals surface area (Å²) in [5.41, 5.74) is -0.627. The number of rotatable bonds is 2. The van der Waals surface area contributed by atoms with E-state index in [9.17, 15) is 9.59 Å². The van der Waals surface area contributed by atoms with Gasteiger partial charge in [0.2, 0.25) is 0 Å². The number of piperidine rings is 1. The van der Waals surface area contributed by atoms with Gasteiger partial charge in [-0.05, 0) is 33.6 Å². The molecule has 1 atom stereocenters. The third kappa shape index (κ3) is 3.93. The van der Waals surface area contributed by atoms with E-state index in [1.165, 1.54) is 10.9 Å². The second-order valence-corrected chi connectivity index (χ2v) is 6.11. The monoisotopic (exact) mass is 296 g/mol. The fraction of sp³-hybridized carbons (Fsp3) is 0.692. The van der Waals surface area contributed by atoms with E-state index in [0.29, 0.717) is 13.1 Å². The summed E-state index contributed by atoms with van der Waals surface area (Å²) in [5, 5.41) is 16.3. The van der Waals surface area contributed by atoms with Gasteiger partial charge >= 0.3 is 12.1 Å². The van der Waals surface area contributed by atoms with Crippen LogP contribution in [0.2, 0.25) is 0 Å². The fourth-order valence-electron chi connectivity index (χ4n) is 2.22. The van der Waals surface area contributed by atoms with Crippen LogP contribution in [0.3, 0.4) is 0 Å². The van der Waals surface area contributed by atoms with E-state index in [2.05, 4.69) is 10.3 Å². The Hall–Kier alpha value is -2.12. The lowest BCUT2D eigenvalue weighted by atomic mass is 10.1. The highest BCUT2D eigenvalue weighted by Crippen LogP contribution is 2.22. The lowest BCUT2D eigenvalue weighted by molar-refractivity contribution is 0.0166. The van der Waals surface area contributed by atoms with Gasteiger partial charge in [0, 0.05) is 13.1 Å². The van der Waals surface area contributed by atoms with Crippen LogP contribution in [0.4, 0.5) is 4.79 Å². The van der Waals surface area contributed by atoms with Crippen molar-refractivity contribution in [2.45, 2.75) is 45.3 Å². The molecule has 1 fully saturated rings. The highest BCUT2D eigenvalue weighted by molar-refractivity contribution is 5.84. The molecular weight excluding hydrogens is 276 g/mol. The summed E-state index contributed by atoms with van der Waals surface area (Å²) < 4.78 is 6.87. The maximum Gasteiger partial charge on any atom is 0.410 e. The van der Waals surface area contributed by atoms with E-state index in [1.54, 1.807) is 4.90 Å². The minimum absolute atomic E-state index is 0.0770. The third-order valence-corrected chi connectivity index (χ3v) is 3.15. The minimum Gasteiger partial charge on any atom is -0.476 e. The van der Waals surface area contributed by atoms with Crippen LogP contribution in [0.1, 0.15) is 50.1 Å². The van der Waals surface area contributed by atoms with Gasteiger partial charge in [0.1, 0.15) is 5.60 Å². The molecule has 8 heteroatoms. The van der Waals surface area contributed by atoms with Gasteiger partial charge < -0.3 is 14.7 Å². The highest BCUT2D eigenvalue weighted by Gasteiger charge is 2.29. The largest absolute Gasteiger partial charge is 0.476 e. The van der Waals surface area contributed by atoms with E-state index in [1.807, 2.05) is 20.8 Å². The molecule has 1 aromatic rings. The van der Waals surface area contributed by atoms with Crippen molar-refractivity contribution < 1.29 is 19.4 Å². The zero-order valence-electron chi connectivity index (χ0n) is 12.4. The average molecular weight is 296 g/mol. The lowest BCUT2D eigenvalue weighted by Crippen LogP contribution is -2.43. The van der Waals surface area contributed by atoms with E-state index >= 15 is 0 Å². The van der Waals surface area contributed by atoms with Crippen LogP contribution >= 0.6 is 0 Å². The molecule has 0 aromatic carbocycles. The number of hydrogen-bond donors (Lipinski definition) is 1. The fourth-order valence-corrected chi connectivity index (χ4v) is 2.22. The number of carbonyl (C=O) groups excluding carboxylic acids is 1. The molecule has 1 aliphatic heterocycles. The van der Waals surface area contributed by atoms with Crippen LogP contribution in [-0.4, -0.2) is 55.8 Å². The number of nitrogens with zero attached hydrogens (tertiary/aromatic N) is 4. The summed E-state index contributed by atoms with van der Waals surface area (Å²) in [4.78, 5) is 24.5. The average Bonchev–Trinajstić information content (AvgIpc) is 2.86. The predicted octanol–water partition coefficient (Wildman–Crippen LogP) is 1.55. The van der Waals surface area contributed by atoms with Crippen molar-refractivity contribution >= 4 is 12.1 Å². The molecule has 0 unspecified atom stereocenters. The van der Waals surface area contributed by atoms with Crippen LogP contribution in [-0.2, 0) is 4.74 Å². The molecular formula is C13H20N4O4. The van der Waals surface area contributed by atoms with Crippen molar-refractivity contribution in [3.8, 4) is 0 Å². The molecule has 0 aliphatic carbocycles. The van der Waals surface area contributed by atoms with Crippen LogP contribution in [0.5, 0.6) is 0 Å². The van der Waals surface area contributed by atoms with Gasteiger partial charge in [0.25, 0.3) is 0 Å². The SMILES string of the molecule is CC(C)(C)OC(=O)N1CCC[C@H](n2cc(C(=O)O)nn2)C1. The molecule has 1 aliphatic rings. The normalized spacial score (nSPS) is 19.4. The number of carbonyl (C=O) groups is 2. The molecule has 2 rings (SSSR count). The maximum atomic E-state index is 12.1. The minimum atomic E-state index is -1.11. The Morgan fingerprint density at radius 3 is 2.71 bits per heavy atom. The number of aromatic carboxylic acids is 1. The topological polar surface area (TPSA) is 97.5 Å². The van der Waals surface area contributed by atoms with Gasteiger partial charge in [0.05, 0.1) is 12.2 Å². The first kappa shape index (κ1) is 15.3. The zero-order chi connectivity index (χ0) is 15.6. The molecule has 116 valence electrons. The number of ether oxygens (including phenoxy) is 1. The second-order valence-electron chi connectivity index (χ2n) is 6.11. The first-order chi connectivity index (χ1) is 9.76. The summed E-state index contributed by atoms with van der Waals surface area (Å²) in [5.74, 6) is -1.11. The van der Waals surface area contributed by atoms with Gasteiger partial charge in [-0.2, -0.15) is 0 Å². The first-order valence-electron chi connectivity index (χ1n) is 6.89. The summed E-state index contributed by atoms with van der Waals surface area (Å²) in [7, 11) is 0. The van der Waals surface area contributed by atoms with Gasteiger partial charge in [-0.1, -0.05) is 5.21 Å². The Labute approximate surface area is 122 Å². The Morgan fingerprint density at radius 2 is 2.14 bits per heavy atom. The smallest absolute Gasteiger partial charge is 0.410 e. The quantitative estimate of drug-likeness (QED) is 0.889. The van der Waals surface area contributed by atoms with Crippen molar-refractivity contribution in [3.05, 3.63) is 11.9 Å². The third-order valence-electron chi connectivity index (χ3n) is 3.15. The van der Waals surface area contributed by atoms with Crippen molar-refractivity contribution in [2.24, 2.45) is 0 Å². The first-order valence-corrected chi connectivity index (χ1v) is 6.89. The number of carboxylic acids is 1. The molecule has 1 amide bonds. The van der Waals surface area contributed by atoms with Crippen LogP contribution < -0.4 is 0 Å². The van der Waals surface area contributed by atoms with Crippen LogP contribution in [0, 0.1) is 0 Å². The Kier molecular flexibility index (Phi) is 4.15. The van der Waals surface area contributed by atoms with Gasteiger partial charge in [-0.3, -0.25) is 0 Å². The predicted molar refractivity (Wildman–Crippen MR) is 73.1 cm³/mol. The Balaban J connectivity index is 2.03. The maximum absolute atomic E-state index is 12.1. The summed E-state index contributed by atoms with van der Waals surface area (Å²) in [6.07, 6.45) is 2.67. The molecule has 0 radical (unpaired) electrons. The molecule has 1 aromatic heterocycles. The van der Waals surface area contributed by atoms with E-state index < -0.39 is 11.6 Å². The molecule has 0 saturated carbocycles. The van der Waals surface area contributed by atoms with Gasteiger partial charge in [-0.15, -0.1) is 5.10 Å². The van der Waals surface area contributed by atoms with Crippen molar-refractivity contribution in [3.63, 3.8) is 0 Å². The van der Waals surface area contributed by atoms with Crippen LogP contribution in [0.25, 0.3) is 0 Å². The summed E-state index contributed by atoms with van der Waals surface area (Å²) in [6.45, 7) is 6.54. The summed E-state index contributed by atoms with van der Waals surface area (Å²) >= 11 is 0. The van der Waals surface area contributed by atoms with Crippen LogP contribution in [0.15, 0.2) is 6.20 Å². The molecule has 0 bridgehead atoms. The Bertz CT molecular complexity index is 535. The molecule has 1 saturated heterocycles. The van der Waals surface area contributed by atoms with Crippen molar-refractivity contribution in [1.82, 2.24) is 19.9 Å². The molecule has 2 heterocycles. The number of aromatic nitrogens is 3. The van der Waals surface area contributed by atoms with Crippen molar-refractivity contribution in [1.29, 1.82) is 0 Å². The van der Waals surface area contributed by atoms with E-state index in [0.717, 1.165) is 12.8 Å². The molecule has 1 N–H and O–H groups in total. The van der Waals surface area contributed by atoms with Crippen molar-refractivity contribution in [2.75, 3.05) is 13.1 Å². The molecule has 21 heavy (non-hydrogen) atoms. The standard InChI is InChI=1S/C13H20N4O4/c1-13(2,3)21-12(20)16-6-4-5-9(7-16)17-8-10(11(18)19)14-15-17/h8-9H,4-7H2,1-3H3,(H,18,19)/t9-/m0/s1. The lowest BCUT2D eigenvalue weighted by Gasteiger charge is -2.33. The molecule has 0 spiro atoms. The highest BCUT2D eigenvalue weighted by atomic mass is 16.6. The molecule has 8 nitrogen and oxygen atoms in total. The van der Waals surface area contributed by atoms with Gasteiger partial charge in [0.15, 0.2) is 5.69 Å². The number of likely N-dealkylation sites (tertiary alicyclic amines) is 1. The second kappa shape index (κ2) is 5.71. The number of amides is 1.